The Morgan fingerprint density at radius 1 is 1.05 bits per heavy atom. The number of nitrogens with one attached hydrogen (secondary N) is 1. The minimum atomic E-state index is -5.17. The van der Waals surface area contributed by atoms with E-state index < -0.39 is 46.3 Å². The standard InChI is InChI=1S/C28H35F3N2O4/c1-26(2)16-21-24(22(34)17-26)27(28(29,30)31,25(36)33(21)19-8-6-4-5-7-9-19)32-23(35)15-12-18-10-13-20(37-3)14-11-18/h10-11,13-14,19H,4-9,12,15-17H2,1-3H3,(H,32,35)/t27-/m1/s1. The fourth-order valence-electron chi connectivity index (χ4n) is 6.00. The highest BCUT2D eigenvalue weighted by Gasteiger charge is 2.72. The van der Waals surface area contributed by atoms with E-state index in [-0.39, 0.29) is 31.4 Å². The summed E-state index contributed by atoms with van der Waals surface area (Å²) in [5, 5.41) is 2.06. The number of carbonyl (C=O) groups is 3. The number of amides is 2. The van der Waals surface area contributed by atoms with Gasteiger partial charge >= 0.3 is 6.18 Å². The van der Waals surface area contributed by atoms with E-state index in [0.29, 0.717) is 18.6 Å². The Kier molecular flexibility index (Phi) is 7.45. The normalized spacial score (nSPS) is 24.6. The predicted molar refractivity (Wildman–Crippen MR) is 132 cm³/mol. The lowest BCUT2D eigenvalue weighted by atomic mass is 9.72. The monoisotopic (exact) mass is 520 g/mol. The average Bonchev–Trinajstić information content (AvgIpc) is 2.97. The molecule has 0 bridgehead atoms. The molecule has 1 fully saturated rings. The smallest absolute Gasteiger partial charge is 0.425 e. The molecule has 4 rings (SSSR count). The van der Waals surface area contributed by atoms with Gasteiger partial charge in [0.25, 0.3) is 5.91 Å². The summed E-state index contributed by atoms with van der Waals surface area (Å²) in [4.78, 5) is 41.4. The largest absolute Gasteiger partial charge is 0.497 e. The summed E-state index contributed by atoms with van der Waals surface area (Å²) in [6, 6.07) is 6.45. The van der Waals surface area contributed by atoms with Crippen LogP contribution in [0.25, 0.3) is 0 Å². The van der Waals surface area contributed by atoms with Gasteiger partial charge < -0.3 is 15.0 Å². The van der Waals surface area contributed by atoms with Crippen LogP contribution in [0.5, 0.6) is 5.75 Å². The molecule has 1 atom stereocenters. The first-order valence-corrected chi connectivity index (χ1v) is 13.0. The molecule has 1 saturated carbocycles. The van der Waals surface area contributed by atoms with Gasteiger partial charge in [-0.05, 0) is 48.8 Å². The Morgan fingerprint density at radius 3 is 2.24 bits per heavy atom. The van der Waals surface area contributed by atoms with E-state index in [1.807, 2.05) is 13.8 Å². The van der Waals surface area contributed by atoms with Crippen LogP contribution in [0.4, 0.5) is 13.2 Å². The zero-order valence-corrected chi connectivity index (χ0v) is 21.7. The lowest BCUT2D eigenvalue weighted by molar-refractivity contribution is -0.195. The van der Waals surface area contributed by atoms with Crippen molar-refractivity contribution in [1.82, 2.24) is 10.2 Å². The number of hydrogen-bond donors (Lipinski definition) is 1. The second-order valence-electron chi connectivity index (χ2n) is 11.2. The molecule has 1 heterocycles. The molecule has 0 unspecified atom stereocenters. The zero-order valence-electron chi connectivity index (χ0n) is 21.7. The number of benzene rings is 1. The van der Waals surface area contributed by atoms with E-state index in [1.165, 1.54) is 12.0 Å². The Labute approximate surface area is 215 Å². The van der Waals surface area contributed by atoms with Crippen molar-refractivity contribution in [3.05, 3.63) is 41.1 Å². The van der Waals surface area contributed by atoms with Gasteiger partial charge in [-0.1, -0.05) is 51.7 Å². The first-order chi connectivity index (χ1) is 17.4. The molecule has 0 saturated heterocycles. The fraction of sp³-hybridized carbons (Fsp3) is 0.607. The van der Waals surface area contributed by atoms with Gasteiger partial charge in [-0.3, -0.25) is 14.4 Å². The second-order valence-corrected chi connectivity index (χ2v) is 11.2. The van der Waals surface area contributed by atoms with Gasteiger partial charge in [-0.2, -0.15) is 13.2 Å². The number of carbonyl (C=O) groups excluding carboxylic acids is 3. The van der Waals surface area contributed by atoms with Gasteiger partial charge in [-0.15, -0.1) is 0 Å². The Hall–Kier alpha value is -2.84. The fourth-order valence-corrected chi connectivity index (χ4v) is 6.00. The van der Waals surface area contributed by atoms with E-state index in [0.717, 1.165) is 31.2 Å². The molecule has 0 aromatic heterocycles. The highest BCUT2D eigenvalue weighted by molar-refractivity contribution is 6.13. The molecule has 1 aromatic rings. The van der Waals surface area contributed by atoms with Crippen molar-refractivity contribution in [3.8, 4) is 5.75 Å². The van der Waals surface area contributed by atoms with E-state index in [1.54, 1.807) is 24.3 Å². The molecule has 1 N–H and O–H groups in total. The van der Waals surface area contributed by atoms with Crippen LogP contribution in [0.3, 0.4) is 0 Å². The summed E-state index contributed by atoms with van der Waals surface area (Å²) in [5.74, 6) is -2.25. The number of aryl methyl sites for hydroxylation is 1. The number of hydrogen-bond acceptors (Lipinski definition) is 4. The van der Waals surface area contributed by atoms with Crippen molar-refractivity contribution in [2.45, 2.75) is 95.8 Å². The van der Waals surface area contributed by atoms with Gasteiger partial charge in [0, 0.05) is 24.6 Å². The number of rotatable bonds is 6. The van der Waals surface area contributed by atoms with E-state index in [4.69, 9.17) is 4.74 Å². The zero-order chi connectivity index (χ0) is 27.0. The molecule has 6 nitrogen and oxygen atoms in total. The summed E-state index contributed by atoms with van der Waals surface area (Å²) in [6.07, 6.45) is -0.497. The molecule has 9 heteroatoms. The van der Waals surface area contributed by atoms with Gasteiger partial charge in [-0.25, -0.2) is 0 Å². The van der Waals surface area contributed by atoms with Crippen molar-refractivity contribution in [2.24, 2.45) is 5.41 Å². The molecule has 2 aliphatic carbocycles. The van der Waals surface area contributed by atoms with Crippen LogP contribution in [0, 0.1) is 5.41 Å². The first-order valence-electron chi connectivity index (χ1n) is 13.0. The summed E-state index contributed by atoms with van der Waals surface area (Å²) in [6.45, 7) is 3.65. The molecule has 37 heavy (non-hydrogen) atoms. The summed E-state index contributed by atoms with van der Waals surface area (Å²) < 4.78 is 50.0. The van der Waals surface area contributed by atoms with E-state index in [2.05, 4.69) is 5.32 Å². The summed E-state index contributed by atoms with van der Waals surface area (Å²) in [7, 11) is 1.52. The minimum absolute atomic E-state index is 0.114. The number of Topliss-reactive ketones (excluding diaryl/α,β-unsaturated/α-hetero) is 1. The lowest BCUT2D eigenvalue weighted by Crippen LogP contribution is -2.66. The van der Waals surface area contributed by atoms with Gasteiger partial charge in [0.2, 0.25) is 11.4 Å². The SMILES string of the molecule is COc1ccc(CCC(=O)N[C@@]2(C(F)(F)F)C(=O)N(C3CCCCCC3)C3=C2C(=O)CC(C)(C)C3)cc1. The number of alkyl halides is 3. The van der Waals surface area contributed by atoms with Crippen LogP contribution in [0.15, 0.2) is 35.5 Å². The quantitative estimate of drug-likeness (QED) is 0.520. The number of ketones is 1. The van der Waals surface area contributed by atoms with Gasteiger partial charge in [0.15, 0.2) is 5.78 Å². The van der Waals surface area contributed by atoms with Gasteiger partial charge in [0.1, 0.15) is 5.75 Å². The highest BCUT2D eigenvalue weighted by atomic mass is 19.4. The topological polar surface area (TPSA) is 75.7 Å². The minimum Gasteiger partial charge on any atom is -0.497 e. The Balaban J connectivity index is 1.70. The first kappa shape index (κ1) is 27.2. The molecule has 2 amide bonds. The Morgan fingerprint density at radius 2 is 1.68 bits per heavy atom. The molecule has 3 aliphatic rings. The van der Waals surface area contributed by atoms with Crippen LogP contribution >= 0.6 is 0 Å². The second kappa shape index (κ2) is 10.1. The van der Waals surface area contributed by atoms with E-state index >= 15 is 0 Å². The number of halogens is 3. The number of allylic oxidation sites excluding steroid dienone is 1. The highest BCUT2D eigenvalue weighted by Crippen LogP contribution is 2.53. The number of nitrogens with zero attached hydrogens (tertiary/aromatic N) is 1. The molecular formula is C28H35F3N2O4. The van der Waals surface area contributed by atoms with Crippen LogP contribution < -0.4 is 10.1 Å². The molecule has 1 aromatic carbocycles. The predicted octanol–water partition coefficient (Wildman–Crippen LogP) is 5.25. The van der Waals surface area contributed by atoms with Crippen molar-refractivity contribution in [2.75, 3.05) is 7.11 Å². The van der Waals surface area contributed by atoms with Crippen LogP contribution in [-0.4, -0.2) is 47.4 Å². The molecule has 0 radical (unpaired) electrons. The van der Waals surface area contributed by atoms with Crippen molar-refractivity contribution in [3.63, 3.8) is 0 Å². The van der Waals surface area contributed by atoms with Crippen molar-refractivity contribution < 1.29 is 32.3 Å². The summed E-state index contributed by atoms with van der Waals surface area (Å²) >= 11 is 0. The third-order valence-corrected chi connectivity index (χ3v) is 7.80. The molecular weight excluding hydrogens is 485 g/mol. The molecule has 0 spiro atoms. The van der Waals surface area contributed by atoms with Crippen molar-refractivity contribution >= 4 is 17.6 Å². The number of methoxy groups -OCH3 is 1. The van der Waals surface area contributed by atoms with Gasteiger partial charge in [0.05, 0.1) is 12.7 Å². The van der Waals surface area contributed by atoms with E-state index in [9.17, 15) is 27.6 Å². The lowest BCUT2D eigenvalue weighted by Gasteiger charge is -2.36. The maximum atomic E-state index is 15.0. The van der Waals surface area contributed by atoms with Crippen LogP contribution in [0.2, 0.25) is 0 Å². The Bertz CT molecular complexity index is 1090. The van der Waals surface area contributed by atoms with Crippen molar-refractivity contribution in [1.29, 1.82) is 0 Å². The third-order valence-electron chi connectivity index (χ3n) is 7.80. The average molecular weight is 521 g/mol. The summed E-state index contributed by atoms with van der Waals surface area (Å²) in [5.41, 5.74) is -3.62. The number of ether oxygens (including phenoxy) is 1. The molecule has 1 aliphatic heterocycles. The third kappa shape index (κ3) is 5.14. The van der Waals surface area contributed by atoms with Crippen LogP contribution in [0.1, 0.15) is 77.2 Å². The maximum Gasteiger partial charge on any atom is 0.425 e. The maximum absolute atomic E-state index is 15.0. The van der Waals surface area contributed by atoms with Crippen LogP contribution in [-0.2, 0) is 20.8 Å². The molecule has 202 valence electrons.